The van der Waals surface area contributed by atoms with E-state index >= 15 is 0 Å². The van der Waals surface area contributed by atoms with Crippen molar-refractivity contribution < 1.29 is 0 Å². The van der Waals surface area contributed by atoms with Crippen molar-refractivity contribution in [2.45, 2.75) is 0 Å². The maximum Gasteiger partial charge on any atom is 0.204 e. The molecular weight excluding hydrogens is 176 g/mol. The summed E-state index contributed by atoms with van der Waals surface area (Å²) in [6.45, 7) is 4.23. The maximum atomic E-state index is 7.14. The van der Waals surface area contributed by atoms with E-state index in [2.05, 4.69) is 12.0 Å². The van der Waals surface area contributed by atoms with Crippen molar-refractivity contribution in [2.75, 3.05) is 11.6 Å². The number of hydrazine groups is 1. The molecular formula is C10H14N4. The Bertz CT molecular complexity index is 307. The van der Waals surface area contributed by atoms with Gasteiger partial charge in [-0.1, -0.05) is 24.3 Å². The van der Waals surface area contributed by atoms with Gasteiger partial charge in [0.2, 0.25) is 5.96 Å². The Morgan fingerprint density at radius 3 is 2.64 bits per heavy atom. The average molecular weight is 190 g/mol. The van der Waals surface area contributed by atoms with E-state index in [1.807, 2.05) is 30.3 Å². The van der Waals surface area contributed by atoms with Crippen LogP contribution in [0.25, 0.3) is 0 Å². The van der Waals surface area contributed by atoms with Gasteiger partial charge in [0, 0.05) is 0 Å². The van der Waals surface area contributed by atoms with Gasteiger partial charge in [0.25, 0.3) is 0 Å². The van der Waals surface area contributed by atoms with Crippen LogP contribution >= 0.6 is 0 Å². The molecule has 0 aromatic heterocycles. The topological polar surface area (TPSA) is 65.1 Å². The highest BCUT2D eigenvalue weighted by Crippen LogP contribution is 2.09. The molecule has 0 bridgehead atoms. The molecule has 14 heavy (non-hydrogen) atoms. The number of rotatable bonds is 4. The molecule has 0 radical (unpaired) electrons. The molecule has 0 spiro atoms. The summed E-state index contributed by atoms with van der Waals surface area (Å²) in [4.78, 5) is 0. The fourth-order valence-electron chi connectivity index (χ4n) is 1.10. The quantitative estimate of drug-likeness (QED) is 0.288. The number of guanidine groups is 1. The molecule has 0 atom stereocenters. The van der Waals surface area contributed by atoms with E-state index in [9.17, 15) is 0 Å². The van der Waals surface area contributed by atoms with E-state index in [1.165, 1.54) is 0 Å². The predicted octanol–water partition coefficient (Wildman–Crippen LogP) is 1.08. The molecule has 1 aromatic carbocycles. The zero-order valence-electron chi connectivity index (χ0n) is 7.90. The lowest BCUT2D eigenvalue weighted by Crippen LogP contribution is -2.45. The minimum atomic E-state index is -0.0873. The van der Waals surface area contributed by atoms with E-state index in [1.54, 1.807) is 11.1 Å². The summed E-state index contributed by atoms with van der Waals surface area (Å²) in [5, 5.41) is 8.89. The van der Waals surface area contributed by atoms with Crippen molar-refractivity contribution in [2.24, 2.45) is 5.73 Å². The second-order valence-corrected chi connectivity index (χ2v) is 2.76. The molecule has 0 aliphatic carbocycles. The number of hydrogen-bond acceptors (Lipinski definition) is 2. The minimum absolute atomic E-state index is 0.0873. The van der Waals surface area contributed by atoms with Crippen LogP contribution in [0.5, 0.6) is 0 Å². The molecule has 74 valence electrons. The third-order valence-corrected chi connectivity index (χ3v) is 1.63. The summed E-state index contributed by atoms with van der Waals surface area (Å²) < 4.78 is 0. The lowest BCUT2D eigenvalue weighted by atomic mass is 10.3. The number of anilines is 1. The number of benzene rings is 1. The van der Waals surface area contributed by atoms with Gasteiger partial charge in [-0.25, -0.2) is 0 Å². The standard InChI is InChI=1S/C10H14N4/c1-2-8-14(13-10(11)12)9-6-4-3-5-7-9/h2-7H,1,8H2,(H4,11,12,13). The van der Waals surface area contributed by atoms with E-state index in [0.717, 1.165) is 5.69 Å². The summed E-state index contributed by atoms with van der Waals surface area (Å²) in [5.74, 6) is -0.0873. The van der Waals surface area contributed by atoms with Gasteiger partial charge >= 0.3 is 0 Å². The highest BCUT2D eigenvalue weighted by atomic mass is 15.5. The summed E-state index contributed by atoms with van der Waals surface area (Å²) in [5.41, 5.74) is 8.92. The molecule has 0 fully saturated rings. The van der Waals surface area contributed by atoms with E-state index < -0.39 is 0 Å². The Labute approximate surface area is 83.5 Å². The normalized spacial score (nSPS) is 9.14. The van der Waals surface area contributed by atoms with E-state index in [0.29, 0.717) is 6.54 Å². The highest BCUT2D eigenvalue weighted by Gasteiger charge is 2.02. The zero-order valence-corrected chi connectivity index (χ0v) is 7.90. The number of nitrogens with one attached hydrogen (secondary N) is 2. The van der Waals surface area contributed by atoms with Gasteiger partial charge < -0.3 is 5.73 Å². The van der Waals surface area contributed by atoms with Crippen LogP contribution in [-0.2, 0) is 0 Å². The molecule has 0 amide bonds. The van der Waals surface area contributed by atoms with E-state index in [-0.39, 0.29) is 5.96 Å². The predicted molar refractivity (Wildman–Crippen MR) is 59.0 cm³/mol. The molecule has 0 aliphatic heterocycles. The Balaban J connectivity index is 2.77. The van der Waals surface area contributed by atoms with Gasteiger partial charge in [-0.2, -0.15) is 0 Å². The van der Waals surface area contributed by atoms with Crippen LogP contribution in [0.2, 0.25) is 0 Å². The SMILES string of the molecule is C=CCN(NC(=N)N)c1ccccc1. The van der Waals surface area contributed by atoms with Gasteiger partial charge in [0.1, 0.15) is 0 Å². The van der Waals surface area contributed by atoms with E-state index in [4.69, 9.17) is 11.1 Å². The van der Waals surface area contributed by atoms with Crippen molar-refractivity contribution in [3.63, 3.8) is 0 Å². The molecule has 1 rings (SSSR count). The molecule has 0 aliphatic rings. The van der Waals surface area contributed by atoms with Crippen LogP contribution in [0.15, 0.2) is 43.0 Å². The van der Waals surface area contributed by atoms with Crippen molar-refractivity contribution in [1.29, 1.82) is 5.41 Å². The molecule has 4 heteroatoms. The Morgan fingerprint density at radius 1 is 1.50 bits per heavy atom. The van der Waals surface area contributed by atoms with Crippen LogP contribution in [-0.4, -0.2) is 12.5 Å². The van der Waals surface area contributed by atoms with Crippen molar-refractivity contribution in [1.82, 2.24) is 5.43 Å². The molecule has 4 nitrogen and oxygen atoms in total. The van der Waals surface area contributed by atoms with Crippen LogP contribution in [0.4, 0.5) is 5.69 Å². The monoisotopic (exact) mass is 190 g/mol. The Morgan fingerprint density at radius 2 is 2.14 bits per heavy atom. The number of hydrogen-bond donors (Lipinski definition) is 3. The molecule has 4 N–H and O–H groups in total. The number of nitrogens with zero attached hydrogens (tertiary/aromatic N) is 1. The van der Waals surface area contributed by atoms with Crippen LogP contribution in [0.1, 0.15) is 0 Å². The van der Waals surface area contributed by atoms with Crippen molar-refractivity contribution in [3.8, 4) is 0 Å². The Hall–Kier alpha value is -1.97. The first-order valence-electron chi connectivity index (χ1n) is 4.28. The molecule has 0 unspecified atom stereocenters. The summed E-state index contributed by atoms with van der Waals surface area (Å²) >= 11 is 0. The minimum Gasteiger partial charge on any atom is -0.369 e. The fourth-order valence-corrected chi connectivity index (χ4v) is 1.10. The van der Waals surface area contributed by atoms with Gasteiger partial charge in [-0.3, -0.25) is 15.8 Å². The lowest BCUT2D eigenvalue weighted by Gasteiger charge is -2.23. The summed E-state index contributed by atoms with van der Waals surface area (Å²) in [6, 6.07) is 9.64. The van der Waals surface area contributed by atoms with Crippen LogP contribution < -0.4 is 16.2 Å². The third kappa shape index (κ3) is 2.82. The second-order valence-electron chi connectivity index (χ2n) is 2.76. The number of nitrogens with two attached hydrogens (primary N) is 1. The first-order chi connectivity index (χ1) is 6.74. The smallest absolute Gasteiger partial charge is 0.204 e. The summed E-state index contributed by atoms with van der Waals surface area (Å²) in [6.07, 6.45) is 1.74. The van der Waals surface area contributed by atoms with Gasteiger partial charge in [-0.15, -0.1) is 6.58 Å². The molecule has 0 saturated carbocycles. The summed E-state index contributed by atoms with van der Waals surface area (Å²) in [7, 11) is 0. The fraction of sp³-hybridized carbons (Fsp3) is 0.100. The third-order valence-electron chi connectivity index (χ3n) is 1.63. The first-order valence-corrected chi connectivity index (χ1v) is 4.28. The van der Waals surface area contributed by atoms with Gasteiger partial charge in [0.05, 0.1) is 12.2 Å². The second kappa shape index (κ2) is 4.91. The Kier molecular flexibility index (Phi) is 3.55. The first kappa shape index (κ1) is 10.1. The molecule has 0 saturated heterocycles. The lowest BCUT2D eigenvalue weighted by molar-refractivity contribution is 0.815. The largest absolute Gasteiger partial charge is 0.369 e. The van der Waals surface area contributed by atoms with Crippen LogP contribution in [0, 0.1) is 5.41 Å². The van der Waals surface area contributed by atoms with Crippen molar-refractivity contribution >= 4 is 11.6 Å². The van der Waals surface area contributed by atoms with Crippen molar-refractivity contribution in [3.05, 3.63) is 43.0 Å². The average Bonchev–Trinajstić information content (AvgIpc) is 2.18. The van der Waals surface area contributed by atoms with Gasteiger partial charge in [-0.05, 0) is 12.1 Å². The number of para-hydroxylation sites is 1. The molecule has 1 aromatic rings. The zero-order chi connectivity index (χ0) is 10.4. The molecule has 0 heterocycles. The van der Waals surface area contributed by atoms with Gasteiger partial charge in [0.15, 0.2) is 0 Å². The van der Waals surface area contributed by atoms with Crippen LogP contribution in [0.3, 0.4) is 0 Å². The maximum absolute atomic E-state index is 7.14. The highest BCUT2D eigenvalue weighted by molar-refractivity contribution is 5.76.